The van der Waals surface area contributed by atoms with E-state index < -0.39 is 11.7 Å². The molecular formula is C20H21FN4O2. The molecule has 3 aromatic rings. The largest absolute Gasteiger partial charge is 0.476 e. The number of halogens is 1. The van der Waals surface area contributed by atoms with Crippen LogP contribution in [0.3, 0.4) is 0 Å². The third kappa shape index (κ3) is 3.63. The summed E-state index contributed by atoms with van der Waals surface area (Å²) in [5.41, 5.74) is 1.14. The molecule has 0 unspecified atom stereocenters. The molecule has 0 bridgehead atoms. The van der Waals surface area contributed by atoms with Gasteiger partial charge in [-0.3, -0.25) is 9.48 Å². The standard InChI is InChI=1S/C20H21FN4O2/c1-25-17-11-14(23-19(26)18-16(21)7-4-10-22-18)8-9-15(17)20(24-25)27-12-13-5-2-3-6-13/h4,7-11,13H,2-3,5-6,12H2,1H3,(H,23,26). The van der Waals surface area contributed by atoms with Gasteiger partial charge in [0.15, 0.2) is 11.5 Å². The van der Waals surface area contributed by atoms with E-state index in [2.05, 4.69) is 15.4 Å². The molecule has 7 heteroatoms. The molecule has 2 heterocycles. The van der Waals surface area contributed by atoms with Crippen LogP contribution in [0.4, 0.5) is 10.1 Å². The molecule has 0 aliphatic heterocycles. The lowest BCUT2D eigenvalue weighted by atomic mass is 10.1. The van der Waals surface area contributed by atoms with Crippen LogP contribution < -0.4 is 10.1 Å². The zero-order valence-electron chi connectivity index (χ0n) is 15.1. The molecule has 0 radical (unpaired) electrons. The number of benzene rings is 1. The second kappa shape index (κ2) is 7.34. The van der Waals surface area contributed by atoms with Gasteiger partial charge < -0.3 is 10.1 Å². The third-order valence-electron chi connectivity index (χ3n) is 4.98. The number of nitrogens with zero attached hydrogens (tertiary/aromatic N) is 3. The molecule has 1 aliphatic carbocycles. The van der Waals surface area contributed by atoms with Crippen molar-refractivity contribution in [2.45, 2.75) is 25.7 Å². The van der Waals surface area contributed by atoms with Crippen molar-refractivity contribution < 1.29 is 13.9 Å². The first-order chi connectivity index (χ1) is 13.1. The zero-order valence-corrected chi connectivity index (χ0v) is 15.1. The molecule has 1 aromatic carbocycles. The molecule has 0 atom stereocenters. The van der Waals surface area contributed by atoms with Gasteiger partial charge in [0.2, 0.25) is 5.88 Å². The van der Waals surface area contributed by atoms with Crippen LogP contribution in [0, 0.1) is 11.7 Å². The fraction of sp³-hybridized carbons (Fsp3) is 0.350. The lowest BCUT2D eigenvalue weighted by Crippen LogP contribution is -2.15. The van der Waals surface area contributed by atoms with Gasteiger partial charge >= 0.3 is 0 Å². The Kier molecular flexibility index (Phi) is 4.75. The maximum atomic E-state index is 13.7. The SMILES string of the molecule is Cn1nc(OCC2CCCC2)c2ccc(NC(=O)c3ncccc3F)cc21. The van der Waals surface area contributed by atoms with Crippen LogP contribution in [0.15, 0.2) is 36.5 Å². The highest BCUT2D eigenvalue weighted by molar-refractivity contribution is 6.04. The average molecular weight is 368 g/mol. The molecule has 1 amide bonds. The van der Waals surface area contributed by atoms with Crippen molar-refractivity contribution in [1.29, 1.82) is 0 Å². The first-order valence-corrected chi connectivity index (χ1v) is 9.13. The predicted molar refractivity (Wildman–Crippen MR) is 100 cm³/mol. The molecule has 27 heavy (non-hydrogen) atoms. The summed E-state index contributed by atoms with van der Waals surface area (Å²) in [7, 11) is 1.83. The van der Waals surface area contributed by atoms with Crippen LogP contribution in [0.1, 0.15) is 36.2 Å². The number of anilines is 1. The molecule has 0 saturated heterocycles. The van der Waals surface area contributed by atoms with E-state index in [0.29, 0.717) is 24.1 Å². The van der Waals surface area contributed by atoms with Gasteiger partial charge in [-0.25, -0.2) is 9.37 Å². The minimum absolute atomic E-state index is 0.233. The summed E-state index contributed by atoms with van der Waals surface area (Å²) < 4.78 is 21.4. The third-order valence-corrected chi connectivity index (χ3v) is 4.98. The molecule has 1 fully saturated rings. The topological polar surface area (TPSA) is 69.0 Å². The highest BCUT2D eigenvalue weighted by Gasteiger charge is 2.18. The van der Waals surface area contributed by atoms with Crippen molar-refractivity contribution in [3.05, 3.63) is 48.0 Å². The van der Waals surface area contributed by atoms with Crippen LogP contribution in [0.2, 0.25) is 0 Å². The summed E-state index contributed by atoms with van der Waals surface area (Å²) >= 11 is 0. The quantitative estimate of drug-likeness (QED) is 0.741. The van der Waals surface area contributed by atoms with E-state index in [-0.39, 0.29) is 5.69 Å². The zero-order chi connectivity index (χ0) is 18.8. The van der Waals surface area contributed by atoms with Gasteiger partial charge in [0.25, 0.3) is 5.91 Å². The number of carbonyl (C=O) groups is 1. The Morgan fingerprint density at radius 3 is 2.93 bits per heavy atom. The highest BCUT2D eigenvalue weighted by Crippen LogP contribution is 2.30. The molecular weight excluding hydrogens is 347 g/mol. The van der Waals surface area contributed by atoms with Gasteiger partial charge in [-0.15, -0.1) is 5.10 Å². The van der Waals surface area contributed by atoms with Crippen molar-refractivity contribution in [1.82, 2.24) is 14.8 Å². The Morgan fingerprint density at radius 1 is 1.33 bits per heavy atom. The fourth-order valence-corrected chi connectivity index (χ4v) is 3.53. The van der Waals surface area contributed by atoms with Crippen LogP contribution in [0.5, 0.6) is 5.88 Å². The van der Waals surface area contributed by atoms with Gasteiger partial charge in [0, 0.05) is 18.9 Å². The summed E-state index contributed by atoms with van der Waals surface area (Å²) in [4.78, 5) is 16.0. The van der Waals surface area contributed by atoms with E-state index in [4.69, 9.17) is 4.74 Å². The van der Waals surface area contributed by atoms with Gasteiger partial charge in [-0.1, -0.05) is 12.8 Å². The molecule has 0 spiro atoms. The summed E-state index contributed by atoms with van der Waals surface area (Å²) in [6.45, 7) is 0.684. The van der Waals surface area contributed by atoms with Crippen LogP contribution >= 0.6 is 0 Å². The second-order valence-electron chi connectivity index (χ2n) is 6.91. The number of fused-ring (bicyclic) bond motifs is 1. The van der Waals surface area contributed by atoms with Crippen LogP contribution in [-0.2, 0) is 7.05 Å². The number of ether oxygens (including phenoxy) is 1. The number of hydrogen-bond acceptors (Lipinski definition) is 4. The minimum Gasteiger partial charge on any atom is -0.476 e. The lowest BCUT2D eigenvalue weighted by Gasteiger charge is -2.09. The summed E-state index contributed by atoms with van der Waals surface area (Å²) in [6.07, 6.45) is 6.36. The minimum atomic E-state index is -0.654. The number of rotatable bonds is 5. The lowest BCUT2D eigenvalue weighted by molar-refractivity contribution is 0.101. The van der Waals surface area contributed by atoms with Crippen molar-refractivity contribution in [2.75, 3.05) is 11.9 Å². The average Bonchev–Trinajstić information content (AvgIpc) is 3.28. The number of nitrogens with one attached hydrogen (secondary N) is 1. The number of carbonyl (C=O) groups excluding carboxylic acids is 1. The molecule has 4 rings (SSSR count). The Bertz CT molecular complexity index is 979. The van der Waals surface area contributed by atoms with Crippen molar-refractivity contribution in [3.8, 4) is 5.88 Å². The number of amides is 1. The number of aromatic nitrogens is 3. The maximum Gasteiger partial charge on any atom is 0.277 e. The summed E-state index contributed by atoms with van der Waals surface area (Å²) in [5.74, 6) is -0.0338. The Hall–Kier alpha value is -2.96. The molecule has 1 N–H and O–H groups in total. The number of pyridine rings is 1. The molecule has 2 aromatic heterocycles. The first kappa shape index (κ1) is 17.5. The highest BCUT2D eigenvalue weighted by atomic mass is 19.1. The van der Waals surface area contributed by atoms with Gasteiger partial charge in [0.05, 0.1) is 17.5 Å². The van der Waals surface area contributed by atoms with Crippen molar-refractivity contribution in [2.24, 2.45) is 13.0 Å². The summed E-state index contributed by atoms with van der Waals surface area (Å²) in [6, 6.07) is 8.06. The van der Waals surface area contributed by atoms with E-state index in [1.807, 2.05) is 13.1 Å². The Labute approximate surface area is 156 Å². The smallest absolute Gasteiger partial charge is 0.277 e. The van der Waals surface area contributed by atoms with Crippen molar-refractivity contribution >= 4 is 22.5 Å². The van der Waals surface area contributed by atoms with E-state index in [9.17, 15) is 9.18 Å². The van der Waals surface area contributed by atoms with E-state index in [0.717, 1.165) is 10.9 Å². The molecule has 1 aliphatic rings. The Morgan fingerprint density at radius 2 is 2.15 bits per heavy atom. The van der Waals surface area contributed by atoms with E-state index in [1.54, 1.807) is 16.8 Å². The van der Waals surface area contributed by atoms with Gasteiger partial charge in [-0.05, 0) is 49.1 Å². The normalized spacial score (nSPS) is 14.6. The second-order valence-corrected chi connectivity index (χ2v) is 6.91. The molecule has 1 saturated carbocycles. The van der Waals surface area contributed by atoms with Gasteiger partial charge in [0.1, 0.15) is 0 Å². The fourth-order valence-electron chi connectivity index (χ4n) is 3.53. The number of aryl methyl sites for hydroxylation is 1. The van der Waals surface area contributed by atoms with E-state index >= 15 is 0 Å². The maximum absolute atomic E-state index is 13.7. The van der Waals surface area contributed by atoms with Crippen LogP contribution in [-0.4, -0.2) is 27.3 Å². The van der Waals surface area contributed by atoms with Crippen LogP contribution in [0.25, 0.3) is 10.9 Å². The van der Waals surface area contributed by atoms with Crippen molar-refractivity contribution in [3.63, 3.8) is 0 Å². The molecule has 140 valence electrons. The first-order valence-electron chi connectivity index (χ1n) is 9.13. The monoisotopic (exact) mass is 368 g/mol. The predicted octanol–water partition coefficient (Wildman–Crippen LogP) is 3.93. The Balaban J connectivity index is 1.53. The summed E-state index contributed by atoms with van der Waals surface area (Å²) in [5, 5.41) is 8.02. The molecule has 6 nitrogen and oxygen atoms in total. The van der Waals surface area contributed by atoms with E-state index in [1.165, 1.54) is 44.0 Å². The van der Waals surface area contributed by atoms with Gasteiger partial charge in [-0.2, -0.15) is 0 Å². The number of hydrogen-bond donors (Lipinski definition) is 1.